The molecule has 0 aromatic rings. The summed E-state index contributed by atoms with van der Waals surface area (Å²) < 4.78 is 5.77. The second-order valence-corrected chi connectivity index (χ2v) is 4.95. The Bertz CT molecular complexity index is 183. The summed E-state index contributed by atoms with van der Waals surface area (Å²) in [6.07, 6.45) is 7.98. The first-order valence-corrected chi connectivity index (χ1v) is 6.09. The van der Waals surface area contributed by atoms with Crippen LogP contribution in [0.25, 0.3) is 0 Å². The molecule has 2 aliphatic rings. The Hall–Kier alpha value is -0.0800. The summed E-state index contributed by atoms with van der Waals surface area (Å²) in [6, 6.07) is 0. The molecule has 14 heavy (non-hydrogen) atoms. The molecular formula is C12H22O2. The van der Waals surface area contributed by atoms with Gasteiger partial charge in [0.1, 0.15) is 0 Å². The number of rotatable bonds is 2. The van der Waals surface area contributed by atoms with Crippen molar-refractivity contribution in [2.24, 2.45) is 5.92 Å². The van der Waals surface area contributed by atoms with Gasteiger partial charge in [-0.2, -0.15) is 0 Å². The Kier molecular flexibility index (Phi) is 3.13. The lowest BCUT2D eigenvalue weighted by Gasteiger charge is -2.38. The van der Waals surface area contributed by atoms with Crippen LogP contribution in [-0.2, 0) is 4.74 Å². The highest BCUT2D eigenvalue weighted by Crippen LogP contribution is 2.42. The molecule has 1 saturated heterocycles. The van der Waals surface area contributed by atoms with Crippen molar-refractivity contribution in [2.75, 3.05) is 6.61 Å². The average Bonchev–Trinajstić information content (AvgIpc) is 2.53. The molecule has 2 heteroatoms. The maximum atomic E-state index is 9.90. The first-order chi connectivity index (χ1) is 6.77. The molecule has 1 unspecified atom stereocenters. The van der Waals surface area contributed by atoms with Crippen LogP contribution < -0.4 is 0 Å². The van der Waals surface area contributed by atoms with Gasteiger partial charge in [0.2, 0.25) is 0 Å². The lowest BCUT2D eigenvalue weighted by atomic mass is 9.75. The predicted octanol–water partition coefficient (Wildman–Crippen LogP) is 2.50. The van der Waals surface area contributed by atoms with E-state index in [1.54, 1.807) is 0 Å². The fourth-order valence-electron chi connectivity index (χ4n) is 3.07. The van der Waals surface area contributed by atoms with E-state index >= 15 is 0 Å². The second-order valence-electron chi connectivity index (χ2n) is 4.95. The van der Waals surface area contributed by atoms with E-state index in [9.17, 15) is 5.11 Å². The normalized spacial score (nSPS) is 43.3. The molecule has 1 heterocycles. The van der Waals surface area contributed by atoms with Gasteiger partial charge in [-0.15, -0.1) is 0 Å². The summed E-state index contributed by atoms with van der Waals surface area (Å²) in [5.41, 5.74) is -0.135. The van der Waals surface area contributed by atoms with Crippen LogP contribution in [0.2, 0.25) is 0 Å². The van der Waals surface area contributed by atoms with E-state index in [-0.39, 0.29) is 11.7 Å². The van der Waals surface area contributed by atoms with Gasteiger partial charge in [-0.1, -0.05) is 19.8 Å². The fourth-order valence-corrected chi connectivity index (χ4v) is 3.07. The van der Waals surface area contributed by atoms with Gasteiger partial charge >= 0.3 is 0 Å². The Labute approximate surface area is 86.6 Å². The summed E-state index contributed by atoms with van der Waals surface area (Å²) in [5, 5.41) is 9.90. The highest BCUT2D eigenvalue weighted by atomic mass is 16.5. The SMILES string of the molecule is CCCC1CCC2(CC1)OCCC2O. The second kappa shape index (κ2) is 4.19. The molecule has 1 aliphatic carbocycles. The number of aliphatic hydroxyl groups is 1. The molecule has 82 valence electrons. The molecule has 0 radical (unpaired) electrons. The molecule has 1 saturated carbocycles. The molecule has 1 atom stereocenters. The van der Waals surface area contributed by atoms with Gasteiger partial charge in [-0.05, 0) is 38.0 Å². The van der Waals surface area contributed by atoms with Crippen LogP contribution in [0.4, 0.5) is 0 Å². The first kappa shape index (κ1) is 10.4. The zero-order valence-electron chi connectivity index (χ0n) is 9.17. The minimum Gasteiger partial charge on any atom is -0.390 e. The van der Waals surface area contributed by atoms with Gasteiger partial charge in [0.15, 0.2) is 0 Å². The van der Waals surface area contributed by atoms with E-state index in [1.807, 2.05) is 0 Å². The summed E-state index contributed by atoms with van der Waals surface area (Å²) >= 11 is 0. The van der Waals surface area contributed by atoms with E-state index in [2.05, 4.69) is 6.92 Å². The Balaban J connectivity index is 1.88. The minimum absolute atomic E-state index is 0.135. The number of ether oxygens (including phenoxy) is 1. The van der Waals surface area contributed by atoms with E-state index in [0.29, 0.717) is 0 Å². The predicted molar refractivity (Wildman–Crippen MR) is 56.2 cm³/mol. The van der Waals surface area contributed by atoms with Gasteiger partial charge in [-0.3, -0.25) is 0 Å². The third kappa shape index (κ3) is 1.82. The quantitative estimate of drug-likeness (QED) is 0.738. The molecule has 1 N–H and O–H groups in total. The van der Waals surface area contributed by atoms with Crippen molar-refractivity contribution in [2.45, 2.75) is 63.6 Å². The van der Waals surface area contributed by atoms with Crippen LogP contribution >= 0.6 is 0 Å². The number of aliphatic hydroxyl groups excluding tert-OH is 1. The Morgan fingerprint density at radius 2 is 2.00 bits per heavy atom. The van der Waals surface area contributed by atoms with Crippen molar-refractivity contribution >= 4 is 0 Å². The van der Waals surface area contributed by atoms with Gasteiger partial charge < -0.3 is 9.84 Å². The number of hydrogen-bond donors (Lipinski definition) is 1. The zero-order valence-corrected chi connectivity index (χ0v) is 9.17. The largest absolute Gasteiger partial charge is 0.390 e. The Morgan fingerprint density at radius 3 is 2.50 bits per heavy atom. The average molecular weight is 198 g/mol. The highest BCUT2D eigenvalue weighted by Gasteiger charge is 2.45. The van der Waals surface area contributed by atoms with Crippen molar-refractivity contribution in [1.29, 1.82) is 0 Å². The van der Waals surface area contributed by atoms with Gasteiger partial charge in [0.25, 0.3) is 0 Å². The van der Waals surface area contributed by atoms with Crippen molar-refractivity contribution in [3.05, 3.63) is 0 Å². The molecular weight excluding hydrogens is 176 g/mol. The first-order valence-electron chi connectivity index (χ1n) is 6.09. The highest BCUT2D eigenvalue weighted by molar-refractivity contribution is 4.96. The molecule has 2 rings (SSSR count). The van der Waals surface area contributed by atoms with Crippen LogP contribution in [0.15, 0.2) is 0 Å². The minimum atomic E-state index is -0.190. The van der Waals surface area contributed by atoms with Crippen LogP contribution in [0.5, 0.6) is 0 Å². The van der Waals surface area contributed by atoms with E-state index in [0.717, 1.165) is 31.8 Å². The molecule has 2 fully saturated rings. The summed E-state index contributed by atoms with van der Waals surface area (Å²) in [6.45, 7) is 3.02. The zero-order chi connectivity index (χ0) is 10.0. The van der Waals surface area contributed by atoms with Crippen LogP contribution in [0.3, 0.4) is 0 Å². The summed E-state index contributed by atoms with van der Waals surface area (Å²) in [5.74, 6) is 0.891. The third-order valence-corrected chi connectivity index (χ3v) is 4.04. The molecule has 0 bridgehead atoms. The molecule has 1 aliphatic heterocycles. The summed E-state index contributed by atoms with van der Waals surface area (Å²) in [7, 11) is 0. The van der Waals surface area contributed by atoms with Crippen molar-refractivity contribution in [1.82, 2.24) is 0 Å². The molecule has 1 spiro atoms. The molecule has 0 aromatic carbocycles. The molecule has 0 amide bonds. The van der Waals surface area contributed by atoms with Crippen LogP contribution in [0, 0.1) is 5.92 Å². The van der Waals surface area contributed by atoms with Gasteiger partial charge in [0, 0.05) is 0 Å². The van der Waals surface area contributed by atoms with Crippen molar-refractivity contribution in [3.63, 3.8) is 0 Å². The lowest BCUT2D eigenvalue weighted by Crippen LogP contribution is -2.42. The third-order valence-electron chi connectivity index (χ3n) is 4.04. The van der Waals surface area contributed by atoms with Crippen LogP contribution in [0.1, 0.15) is 51.9 Å². The molecule has 0 aromatic heterocycles. The maximum absolute atomic E-state index is 9.90. The fraction of sp³-hybridized carbons (Fsp3) is 1.00. The van der Waals surface area contributed by atoms with Crippen molar-refractivity contribution in [3.8, 4) is 0 Å². The smallest absolute Gasteiger partial charge is 0.0941 e. The van der Waals surface area contributed by atoms with Gasteiger partial charge in [0.05, 0.1) is 18.3 Å². The number of hydrogen-bond acceptors (Lipinski definition) is 2. The van der Waals surface area contributed by atoms with E-state index in [4.69, 9.17) is 4.74 Å². The van der Waals surface area contributed by atoms with E-state index in [1.165, 1.54) is 25.7 Å². The standard InChI is InChI=1S/C12H22O2/c1-2-3-10-4-7-12(8-5-10)11(13)6-9-14-12/h10-11,13H,2-9H2,1H3. The van der Waals surface area contributed by atoms with E-state index < -0.39 is 0 Å². The summed E-state index contributed by atoms with van der Waals surface area (Å²) in [4.78, 5) is 0. The Morgan fingerprint density at radius 1 is 1.29 bits per heavy atom. The topological polar surface area (TPSA) is 29.5 Å². The monoisotopic (exact) mass is 198 g/mol. The maximum Gasteiger partial charge on any atom is 0.0941 e. The lowest BCUT2D eigenvalue weighted by molar-refractivity contribution is -0.0891. The van der Waals surface area contributed by atoms with Crippen molar-refractivity contribution < 1.29 is 9.84 Å². The molecule has 2 nitrogen and oxygen atoms in total. The van der Waals surface area contributed by atoms with Crippen LogP contribution in [-0.4, -0.2) is 23.4 Å². The van der Waals surface area contributed by atoms with Gasteiger partial charge in [-0.25, -0.2) is 0 Å².